The maximum absolute atomic E-state index is 5.85. The van der Waals surface area contributed by atoms with Gasteiger partial charge in [-0.1, -0.05) is 6.92 Å². The van der Waals surface area contributed by atoms with Crippen LogP contribution in [-0.2, 0) is 4.74 Å². The van der Waals surface area contributed by atoms with Gasteiger partial charge in [-0.3, -0.25) is 16.2 Å². The van der Waals surface area contributed by atoms with Crippen LogP contribution < -0.4 is 11.3 Å². The van der Waals surface area contributed by atoms with E-state index in [-0.39, 0.29) is 12.1 Å². The van der Waals surface area contributed by atoms with Crippen molar-refractivity contribution in [3.63, 3.8) is 0 Å². The Hall–Kier alpha value is -0.460. The van der Waals surface area contributed by atoms with Crippen LogP contribution in [0.3, 0.4) is 0 Å². The standard InChI is InChI=1S/C12H21N3OS/c1-2-4-15-5-6-16-11(8-15)12(14-13)10-3-7-17-9-10/h3,7,9,11-12,14H,2,4-6,8,13H2,1H3. The number of hydrogen-bond donors (Lipinski definition) is 2. The molecule has 1 aromatic rings. The molecule has 1 fully saturated rings. The lowest BCUT2D eigenvalue weighted by atomic mass is 10.0. The number of hydrogen-bond acceptors (Lipinski definition) is 5. The van der Waals surface area contributed by atoms with E-state index in [0.29, 0.717) is 0 Å². The summed E-state index contributed by atoms with van der Waals surface area (Å²) < 4.78 is 5.85. The monoisotopic (exact) mass is 255 g/mol. The van der Waals surface area contributed by atoms with E-state index in [4.69, 9.17) is 10.6 Å². The third-order valence-corrected chi connectivity index (χ3v) is 3.87. The number of nitrogens with zero attached hydrogens (tertiary/aromatic N) is 1. The van der Waals surface area contributed by atoms with Crippen LogP contribution in [-0.4, -0.2) is 37.2 Å². The van der Waals surface area contributed by atoms with Crippen LogP contribution in [0.1, 0.15) is 24.9 Å². The first-order valence-corrected chi connectivity index (χ1v) is 7.11. The van der Waals surface area contributed by atoms with Crippen molar-refractivity contribution in [2.24, 2.45) is 5.84 Å². The second kappa shape index (κ2) is 6.47. The molecule has 1 aliphatic rings. The van der Waals surface area contributed by atoms with Crippen molar-refractivity contribution in [3.8, 4) is 0 Å². The summed E-state index contributed by atoms with van der Waals surface area (Å²) in [5.74, 6) is 5.67. The number of nitrogens with two attached hydrogens (primary N) is 1. The van der Waals surface area contributed by atoms with Crippen molar-refractivity contribution in [3.05, 3.63) is 22.4 Å². The van der Waals surface area contributed by atoms with Crippen LogP contribution in [0.15, 0.2) is 16.8 Å². The van der Waals surface area contributed by atoms with Gasteiger partial charge in [0.2, 0.25) is 0 Å². The molecule has 0 amide bonds. The average molecular weight is 255 g/mol. The van der Waals surface area contributed by atoms with Gasteiger partial charge in [0.25, 0.3) is 0 Å². The summed E-state index contributed by atoms with van der Waals surface area (Å²) in [5.41, 5.74) is 4.11. The van der Waals surface area contributed by atoms with Crippen LogP contribution in [0.4, 0.5) is 0 Å². The van der Waals surface area contributed by atoms with Crippen LogP contribution >= 0.6 is 11.3 Å². The molecular weight excluding hydrogens is 234 g/mol. The number of ether oxygens (including phenoxy) is 1. The minimum absolute atomic E-state index is 0.0981. The molecule has 0 bridgehead atoms. The number of thiophene rings is 1. The van der Waals surface area contributed by atoms with E-state index in [2.05, 4.69) is 34.1 Å². The van der Waals surface area contributed by atoms with Gasteiger partial charge in [-0.05, 0) is 35.4 Å². The van der Waals surface area contributed by atoms with Gasteiger partial charge in [0, 0.05) is 13.1 Å². The fourth-order valence-corrected chi connectivity index (χ4v) is 3.02. The molecular formula is C12H21N3OS. The van der Waals surface area contributed by atoms with Crippen molar-refractivity contribution in [2.75, 3.05) is 26.2 Å². The molecule has 2 atom stereocenters. The molecule has 2 unspecified atom stereocenters. The Morgan fingerprint density at radius 1 is 1.71 bits per heavy atom. The Morgan fingerprint density at radius 3 is 3.24 bits per heavy atom. The van der Waals surface area contributed by atoms with Gasteiger partial charge in [0.15, 0.2) is 0 Å². The molecule has 0 spiro atoms. The maximum atomic E-state index is 5.85. The van der Waals surface area contributed by atoms with Crippen molar-refractivity contribution in [2.45, 2.75) is 25.5 Å². The molecule has 1 aromatic heterocycles. The summed E-state index contributed by atoms with van der Waals surface area (Å²) in [4.78, 5) is 2.45. The highest BCUT2D eigenvalue weighted by Gasteiger charge is 2.28. The lowest BCUT2D eigenvalue weighted by molar-refractivity contribution is -0.0470. The smallest absolute Gasteiger partial charge is 0.0910 e. The van der Waals surface area contributed by atoms with Crippen molar-refractivity contribution in [1.82, 2.24) is 10.3 Å². The van der Waals surface area contributed by atoms with Gasteiger partial charge in [-0.15, -0.1) is 0 Å². The van der Waals surface area contributed by atoms with Gasteiger partial charge >= 0.3 is 0 Å². The second-order valence-corrected chi connectivity index (χ2v) is 5.19. The van der Waals surface area contributed by atoms with Crippen molar-refractivity contribution < 1.29 is 4.74 Å². The molecule has 1 aliphatic heterocycles. The van der Waals surface area contributed by atoms with Gasteiger partial charge in [-0.2, -0.15) is 11.3 Å². The molecule has 5 heteroatoms. The van der Waals surface area contributed by atoms with E-state index in [1.165, 1.54) is 12.0 Å². The molecule has 2 heterocycles. The minimum atomic E-state index is 0.0981. The van der Waals surface area contributed by atoms with Gasteiger partial charge < -0.3 is 4.74 Å². The molecule has 0 saturated carbocycles. The number of nitrogens with one attached hydrogen (secondary N) is 1. The summed E-state index contributed by atoms with van der Waals surface area (Å²) in [6.07, 6.45) is 1.33. The first-order valence-electron chi connectivity index (χ1n) is 6.17. The highest BCUT2D eigenvalue weighted by atomic mass is 32.1. The maximum Gasteiger partial charge on any atom is 0.0910 e. The Balaban J connectivity index is 1.99. The topological polar surface area (TPSA) is 50.5 Å². The number of rotatable bonds is 5. The lowest BCUT2D eigenvalue weighted by Gasteiger charge is -2.36. The van der Waals surface area contributed by atoms with Gasteiger partial charge in [0.1, 0.15) is 0 Å². The number of morpholine rings is 1. The predicted molar refractivity (Wildman–Crippen MR) is 70.9 cm³/mol. The molecule has 17 heavy (non-hydrogen) atoms. The second-order valence-electron chi connectivity index (χ2n) is 4.41. The van der Waals surface area contributed by atoms with E-state index in [1.54, 1.807) is 11.3 Å². The Bertz CT molecular complexity index is 316. The molecule has 0 radical (unpaired) electrons. The highest BCUT2D eigenvalue weighted by molar-refractivity contribution is 7.07. The van der Waals surface area contributed by atoms with E-state index in [1.807, 2.05) is 0 Å². The van der Waals surface area contributed by atoms with Crippen molar-refractivity contribution in [1.29, 1.82) is 0 Å². The molecule has 4 nitrogen and oxygen atoms in total. The first kappa shape index (κ1) is 13.0. The molecule has 0 aromatic carbocycles. The quantitative estimate of drug-likeness (QED) is 0.616. The zero-order valence-corrected chi connectivity index (χ0v) is 11.1. The van der Waals surface area contributed by atoms with Crippen LogP contribution in [0.5, 0.6) is 0 Å². The van der Waals surface area contributed by atoms with Crippen LogP contribution in [0, 0.1) is 0 Å². The molecule has 96 valence electrons. The average Bonchev–Trinajstić information content (AvgIpc) is 2.85. The fourth-order valence-electron chi connectivity index (χ4n) is 2.32. The summed E-state index contributed by atoms with van der Waals surface area (Å²) in [6.45, 7) is 6.14. The third kappa shape index (κ3) is 3.26. The van der Waals surface area contributed by atoms with Crippen LogP contribution in [0.2, 0.25) is 0 Å². The Kier molecular flexibility index (Phi) is 4.94. The fraction of sp³-hybridized carbons (Fsp3) is 0.667. The molecule has 2 rings (SSSR count). The van der Waals surface area contributed by atoms with Gasteiger partial charge in [0.05, 0.1) is 18.8 Å². The minimum Gasteiger partial charge on any atom is -0.374 e. The van der Waals surface area contributed by atoms with Gasteiger partial charge in [-0.25, -0.2) is 0 Å². The molecule has 3 N–H and O–H groups in total. The highest BCUT2D eigenvalue weighted by Crippen LogP contribution is 2.23. The van der Waals surface area contributed by atoms with E-state index >= 15 is 0 Å². The largest absolute Gasteiger partial charge is 0.374 e. The zero-order chi connectivity index (χ0) is 12.1. The summed E-state index contributed by atoms with van der Waals surface area (Å²) in [5, 5.41) is 4.21. The SMILES string of the molecule is CCCN1CCOC(C(NN)c2ccsc2)C1. The third-order valence-electron chi connectivity index (χ3n) is 3.17. The predicted octanol–water partition coefficient (Wildman–Crippen LogP) is 1.36. The zero-order valence-electron chi connectivity index (χ0n) is 10.3. The molecule has 0 aliphatic carbocycles. The van der Waals surface area contributed by atoms with Crippen LogP contribution in [0.25, 0.3) is 0 Å². The van der Waals surface area contributed by atoms with E-state index in [0.717, 1.165) is 26.2 Å². The van der Waals surface area contributed by atoms with E-state index < -0.39 is 0 Å². The molecule has 1 saturated heterocycles. The number of hydrazine groups is 1. The first-order chi connectivity index (χ1) is 8.35. The Labute approximate surface area is 107 Å². The van der Waals surface area contributed by atoms with E-state index in [9.17, 15) is 0 Å². The summed E-state index contributed by atoms with van der Waals surface area (Å²) in [7, 11) is 0. The summed E-state index contributed by atoms with van der Waals surface area (Å²) in [6, 6.07) is 2.21. The lowest BCUT2D eigenvalue weighted by Crippen LogP contribution is -2.49. The van der Waals surface area contributed by atoms with Crippen molar-refractivity contribution >= 4 is 11.3 Å². The normalized spacial score (nSPS) is 23.8. The summed E-state index contributed by atoms with van der Waals surface area (Å²) >= 11 is 1.69. The Morgan fingerprint density at radius 2 is 2.59 bits per heavy atom.